The highest BCUT2D eigenvalue weighted by molar-refractivity contribution is 9.10. The molecule has 2 bridgehead atoms. The summed E-state index contributed by atoms with van der Waals surface area (Å²) in [5.74, 6) is -1.88. The molecule has 0 saturated carbocycles. The van der Waals surface area contributed by atoms with Crippen LogP contribution in [0.4, 0.5) is 18.9 Å². The Balaban J connectivity index is 1.50. The fourth-order valence-electron chi connectivity index (χ4n) is 4.49. The molecule has 1 fully saturated rings. The molecule has 4 heterocycles. The summed E-state index contributed by atoms with van der Waals surface area (Å²) in [7, 11) is -4.19. The maximum atomic E-state index is 13.1. The number of carbonyl (C=O) groups excluding carboxylic acids is 1. The second kappa shape index (κ2) is 7.09. The van der Waals surface area contributed by atoms with Gasteiger partial charge < -0.3 is 4.90 Å². The third-order valence-corrected chi connectivity index (χ3v) is 7.92. The molecule has 0 aliphatic carbocycles. The van der Waals surface area contributed by atoms with Crippen molar-refractivity contribution in [1.29, 1.82) is 0 Å². The topological polar surface area (TPSA) is 83.8 Å². The number of imidazole rings is 1. The van der Waals surface area contributed by atoms with Gasteiger partial charge in [0, 0.05) is 16.4 Å². The summed E-state index contributed by atoms with van der Waals surface area (Å²) in [4.78, 5) is 16.8. The molecule has 5 rings (SSSR count). The molecule has 7 nitrogen and oxygen atoms in total. The maximum Gasteiger partial charge on any atom is 0.471 e. The van der Waals surface area contributed by atoms with Gasteiger partial charge in [0.15, 0.2) is 10.2 Å². The van der Waals surface area contributed by atoms with Crippen molar-refractivity contribution < 1.29 is 26.4 Å². The van der Waals surface area contributed by atoms with Crippen molar-refractivity contribution >= 4 is 54.8 Å². The molecule has 168 valence electrons. The molecule has 2 aliphatic heterocycles. The zero-order chi connectivity index (χ0) is 23.0. The van der Waals surface area contributed by atoms with Gasteiger partial charge in [-0.3, -0.25) is 13.9 Å². The van der Waals surface area contributed by atoms with Crippen molar-refractivity contribution in [2.75, 3.05) is 4.72 Å². The van der Waals surface area contributed by atoms with Gasteiger partial charge in [-0.05, 0) is 64.2 Å². The van der Waals surface area contributed by atoms with Gasteiger partial charge in [-0.2, -0.15) is 21.6 Å². The van der Waals surface area contributed by atoms with Gasteiger partial charge in [0.05, 0.1) is 12.1 Å². The average Bonchev–Trinajstić information content (AvgIpc) is 3.35. The highest BCUT2D eigenvalue weighted by Gasteiger charge is 2.54. The number of alkyl halides is 3. The second-order valence-corrected chi connectivity index (χ2v) is 10.4. The Labute approximate surface area is 193 Å². The zero-order valence-electron chi connectivity index (χ0n) is 15.9. The molecular formula is C19H13BrClF3N4O3S. The van der Waals surface area contributed by atoms with Crippen LogP contribution in [-0.4, -0.2) is 34.8 Å². The predicted octanol–water partition coefficient (Wildman–Crippen LogP) is 4.83. The quantitative estimate of drug-likeness (QED) is 0.507. The Kier molecular flexibility index (Phi) is 4.77. The van der Waals surface area contributed by atoms with E-state index in [-0.39, 0.29) is 15.9 Å². The number of nitrogens with one attached hydrogen (secondary N) is 1. The first-order valence-electron chi connectivity index (χ1n) is 9.36. The van der Waals surface area contributed by atoms with E-state index < -0.39 is 34.2 Å². The fraction of sp³-hybridized carbons (Fsp3) is 0.263. The number of nitrogens with zero attached hydrogens (tertiary/aromatic N) is 3. The minimum Gasteiger partial charge on any atom is -0.321 e. The summed E-state index contributed by atoms with van der Waals surface area (Å²) in [5.41, 5.74) is 1.58. The molecule has 32 heavy (non-hydrogen) atoms. The van der Waals surface area contributed by atoms with Crippen molar-refractivity contribution in [3.05, 3.63) is 57.3 Å². The molecule has 0 spiro atoms. The highest BCUT2D eigenvalue weighted by Crippen LogP contribution is 2.54. The number of hydrogen-bond donors (Lipinski definition) is 1. The first kappa shape index (κ1) is 21.5. The van der Waals surface area contributed by atoms with E-state index in [4.69, 9.17) is 11.6 Å². The number of hydrogen-bond acceptors (Lipinski definition) is 4. The number of anilines is 1. The monoisotopic (exact) mass is 548 g/mol. The number of amides is 1. The molecule has 1 aromatic carbocycles. The summed E-state index contributed by atoms with van der Waals surface area (Å²) in [6.45, 7) is 0. The summed E-state index contributed by atoms with van der Waals surface area (Å²) in [6.07, 6.45) is -2.66. The van der Waals surface area contributed by atoms with Gasteiger partial charge in [0.1, 0.15) is 5.65 Å². The summed E-state index contributed by atoms with van der Waals surface area (Å²) < 4.78 is 69.7. The predicted molar refractivity (Wildman–Crippen MR) is 113 cm³/mol. The van der Waals surface area contributed by atoms with Crippen molar-refractivity contribution in [2.45, 2.75) is 36.1 Å². The molecule has 2 aliphatic rings. The Morgan fingerprint density at radius 3 is 2.53 bits per heavy atom. The molecule has 3 aromatic rings. The fourth-order valence-corrected chi connectivity index (χ4v) is 6.52. The molecule has 1 amide bonds. The molecule has 13 heteroatoms. The van der Waals surface area contributed by atoms with Crippen molar-refractivity contribution in [3.8, 4) is 0 Å². The minimum atomic E-state index is -4.97. The van der Waals surface area contributed by atoms with Gasteiger partial charge in [-0.15, -0.1) is 0 Å². The van der Waals surface area contributed by atoms with Crippen LogP contribution in [0.3, 0.4) is 0 Å². The Morgan fingerprint density at radius 2 is 1.84 bits per heavy atom. The first-order valence-corrected chi connectivity index (χ1v) is 12.0. The summed E-state index contributed by atoms with van der Waals surface area (Å²) in [6, 6.07) is 6.35. The van der Waals surface area contributed by atoms with Gasteiger partial charge in [-0.25, -0.2) is 4.98 Å². The number of rotatable bonds is 3. The molecule has 2 unspecified atom stereocenters. The number of halogens is 5. The number of benzene rings is 1. The largest absolute Gasteiger partial charge is 0.471 e. The number of fused-ring (bicyclic) bond motifs is 6. The van der Waals surface area contributed by atoms with Crippen LogP contribution >= 0.6 is 27.5 Å². The smallest absolute Gasteiger partial charge is 0.321 e. The summed E-state index contributed by atoms with van der Waals surface area (Å²) in [5, 5.41) is -0.496. The van der Waals surface area contributed by atoms with E-state index in [1.54, 1.807) is 18.2 Å². The van der Waals surface area contributed by atoms with E-state index in [0.717, 1.165) is 4.90 Å². The third-order valence-electron chi connectivity index (χ3n) is 5.67. The minimum absolute atomic E-state index is 0.150. The normalized spacial score (nSPS) is 20.1. The standard InChI is InChI=1S/C19H13BrClF3N4O3S/c20-9-1-6-15-25-16(21)17(27(15)8-9)32(30,31)26-10-2-3-11-12(7-10)14-5-4-13(11)28(14)18(29)19(22,23)24/h1-3,6-8,13-14,26H,4-5H2. The van der Waals surface area contributed by atoms with Crippen LogP contribution in [0.5, 0.6) is 0 Å². The molecule has 0 radical (unpaired) electrons. The van der Waals surface area contributed by atoms with Crippen molar-refractivity contribution in [2.24, 2.45) is 0 Å². The van der Waals surface area contributed by atoms with E-state index >= 15 is 0 Å². The SMILES string of the molecule is O=C(N1C2CCC1c1cc(NS(=O)(=O)c3c(Cl)nc4ccc(Br)cn34)ccc12)C(F)(F)F. The number of carbonyl (C=O) groups is 1. The Bertz CT molecular complexity index is 1390. The molecular weight excluding hydrogens is 537 g/mol. The van der Waals surface area contributed by atoms with E-state index in [2.05, 4.69) is 25.6 Å². The Hall–Kier alpha value is -2.31. The number of sulfonamides is 1. The van der Waals surface area contributed by atoms with Crippen LogP contribution in [0.1, 0.15) is 36.1 Å². The second-order valence-electron chi connectivity index (χ2n) is 7.55. The van der Waals surface area contributed by atoms with Crippen LogP contribution in [0, 0.1) is 0 Å². The Morgan fingerprint density at radius 1 is 1.16 bits per heavy atom. The van der Waals surface area contributed by atoms with Crippen LogP contribution in [0.25, 0.3) is 5.65 Å². The summed E-state index contributed by atoms with van der Waals surface area (Å²) >= 11 is 9.37. The third kappa shape index (κ3) is 3.27. The van der Waals surface area contributed by atoms with Gasteiger partial charge in [-0.1, -0.05) is 17.7 Å². The lowest BCUT2D eigenvalue weighted by molar-refractivity contribution is -0.188. The van der Waals surface area contributed by atoms with Crippen molar-refractivity contribution in [3.63, 3.8) is 0 Å². The van der Waals surface area contributed by atoms with E-state index in [9.17, 15) is 26.4 Å². The number of aromatic nitrogens is 2. The maximum absolute atomic E-state index is 13.1. The zero-order valence-corrected chi connectivity index (χ0v) is 19.1. The first-order chi connectivity index (χ1) is 15.0. The lowest BCUT2D eigenvalue weighted by Crippen LogP contribution is -2.39. The van der Waals surface area contributed by atoms with E-state index in [0.29, 0.717) is 34.1 Å². The number of pyridine rings is 1. The van der Waals surface area contributed by atoms with Crippen LogP contribution in [0.2, 0.25) is 5.15 Å². The van der Waals surface area contributed by atoms with E-state index in [1.807, 2.05) is 0 Å². The highest BCUT2D eigenvalue weighted by atomic mass is 79.9. The van der Waals surface area contributed by atoms with Crippen LogP contribution < -0.4 is 4.72 Å². The van der Waals surface area contributed by atoms with Crippen LogP contribution in [0.15, 0.2) is 46.0 Å². The van der Waals surface area contributed by atoms with Crippen molar-refractivity contribution in [1.82, 2.24) is 14.3 Å². The average molecular weight is 550 g/mol. The molecule has 2 atom stereocenters. The molecule has 2 aromatic heterocycles. The van der Waals surface area contributed by atoms with Crippen LogP contribution in [-0.2, 0) is 14.8 Å². The van der Waals surface area contributed by atoms with Gasteiger partial charge in [0.2, 0.25) is 0 Å². The lowest BCUT2D eigenvalue weighted by Gasteiger charge is -2.23. The van der Waals surface area contributed by atoms with E-state index in [1.165, 1.54) is 22.7 Å². The van der Waals surface area contributed by atoms with Gasteiger partial charge >= 0.3 is 12.1 Å². The lowest BCUT2D eigenvalue weighted by atomic mass is 9.91. The van der Waals surface area contributed by atoms with Gasteiger partial charge in [0.25, 0.3) is 10.0 Å². The molecule has 1 saturated heterocycles. The molecule has 1 N–H and O–H groups in total.